The predicted octanol–water partition coefficient (Wildman–Crippen LogP) is 11.7. The van der Waals surface area contributed by atoms with Gasteiger partial charge in [-0.25, -0.2) is 15.0 Å². The fourth-order valence-electron chi connectivity index (χ4n) is 7.34. The van der Waals surface area contributed by atoms with E-state index in [1.165, 1.54) is 20.2 Å². The summed E-state index contributed by atoms with van der Waals surface area (Å²) in [5, 5.41) is 24.4. The van der Waals surface area contributed by atoms with E-state index in [-0.39, 0.29) is 0 Å². The third kappa shape index (κ3) is 5.19. The Morgan fingerprint density at radius 3 is 1.59 bits per heavy atom. The number of rotatable bonds is 5. The van der Waals surface area contributed by atoms with Gasteiger partial charge in [-0.1, -0.05) is 103 Å². The van der Waals surface area contributed by atoms with Gasteiger partial charge in [-0.15, -0.1) is 11.3 Å². The fraction of sp³-hybridized carbons (Fsp3) is 0. The average Bonchev–Trinajstić information content (AvgIpc) is 3.78. The molecule has 7 heteroatoms. The molecule has 3 aromatic heterocycles. The van der Waals surface area contributed by atoms with Crippen molar-refractivity contribution in [2.45, 2.75) is 0 Å². The molecule has 0 aliphatic carbocycles. The van der Waals surface area contributed by atoms with Gasteiger partial charge < -0.3 is 4.57 Å². The zero-order valence-electron chi connectivity index (χ0n) is 28.6. The van der Waals surface area contributed by atoms with Gasteiger partial charge in [-0.2, -0.15) is 10.5 Å². The Morgan fingerprint density at radius 2 is 0.963 bits per heavy atom. The van der Waals surface area contributed by atoms with E-state index in [1.807, 2.05) is 97.1 Å². The number of hydrogen-bond acceptors (Lipinski definition) is 6. The molecular formula is C47H26N6S. The quantitative estimate of drug-likeness (QED) is 0.178. The van der Waals surface area contributed by atoms with Gasteiger partial charge in [0.1, 0.15) is 0 Å². The second kappa shape index (κ2) is 12.6. The van der Waals surface area contributed by atoms with Crippen molar-refractivity contribution in [2.24, 2.45) is 0 Å². The van der Waals surface area contributed by atoms with Crippen LogP contribution in [0.25, 0.3) is 93.0 Å². The number of nitriles is 2. The molecule has 3 heterocycles. The average molecular weight is 707 g/mol. The Balaban J connectivity index is 1.30. The smallest absolute Gasteiger partial charge is 0.166 e. The summed E-state index contributed by atoms with van der Waals surface area (Å²) in [5.41, 5.74) is 8.20. The summed E-state index contributed by atoms with van der Waals surface area (Å²) in [5.74, 6) is 1.62. The van der Waals surface area contributed by atoms with Gasteiger partial charge in [0.15, 0.2) is 17.5 Å². The van der Waals surface area contributed by atoms with Gasteiger partial charge in [0.05, 0.1) is 40.0 Å². The molecule has 0 atom stereocenters. The maximum Gasteiger partial charge on any atom is 0.166 e. The van der Waals surface area contributed by atoms with Crippen molar-refractivity contribution >= 4 is 53.3 Å². The van der Waals surface area contributed by atoms with Gasteiger partial charge in [-0.3, -0.25) is 0 Å². The topological polar surface area (TPSA) is 91.2 Å². The number of benzene rings is 7. The molecule has 0 N–H and O–H groups in total. The molecule has 0 bridgehead atoms. The zero-order valence-corrected chi connectivity index (χ0v) is 29.4. The van der Waals surface area contributed by atoms with Crippen molar-refractivity contribution in [3.8, 4) is 63.1 Å². The van der Waals surface area contributed by atoms with E-state index >= 15 is 0 Å². The number of hydrogen-bond donors (Lipinski definition) is 0. The van der Waals surface area contributed by atoms with Gasteiger partial charge >= 0.3 is 0 Å². The molecule has 7 aromatic carbocycles. The van der Waals surface area contributed by atoms with E-state index in [0.29, 0.717) is 28.6 Å². The summed E-state index contributed by atoms with van der Waals surface area (Å²) < 4.78 is 4.63. The Morgan fingerprint density at radius 1 is 0.426 bits per heavy atom. The van der Waals surface area contributed by atoms with E-state index in [1.54, 1.807) is 11.3 Å². The lowest BCUT2D eigenvalue weighted by molar-refractivity contribution is 1.06. The highest BCUT2D eigenvalue weighted by Gasteiger charge is 2.21. The summed E-state index contributed by atoms with van der Waals surface area (Å²) >= 11 is 1.80. The first-order valence-corrected chi connectivity index (χ1v) is 18.3. The third-order valence-electron chi connectivity index (χ3n) is 9.91. The van der Waals surface area contributed by atoms with E-state index in [2.05, 4.69) is 77.4 Å². The molecule has 0 spiro atoms. The molecule has 0 fully saturated rings. The normalized spacial score (nSPS) is 11.3. The van der Waals surface area contributed by atoms with Crippen LogP contribution in [0.4, 0.5) is 0 Å². The van der Waals surface area contributed by atoms with Crippen LogP contribution >= 0.6 is 11.3 Å². The minimum Gasteiger partial charge on any atom is -0.308 e. The van der Waals surface area contributed by atoms with Crippen LogP contribution in [0.1, 0.15) is 11.1 Å². The molecule has 10 aromatic rings. The second-order valence-corrected chi connectivity index (χ2v) is 14.2. The summed E-state index contributed by atoms with van der Waals surface area (Å²) in [6.07, 6.45) is 0. The van der Waals surface area contributed by atoms with Crippen LogP contribution in [0.3, 0.4) is 0 Å². The molecule has 10 rings (SSSR count). The van der Waals surface area contributed by atoms with Crippen LogP contribution < -0.4 is 0 Å². The standard InChI is InChI=1S/C47H26N6S/c48-27-29-15-19-35-36-20-16-30(28-49)24-42(36)53(41(35)23-29)40-21-17-33(34-18-22-44-38(25-34)37-13-7-8-14-43(37)54-44)26-39(40)47-51-45(31-9-3-1-4-10-31)50-46(52-47)32-11-5-2-6-12-32/h1-26H. The summed E-state index contributed by atoms with van der Waals surface area (Å²) in [4.78, 5) is 15.3. The first-order chi connectivity index (χ1) is 26.6. The lowest BCUT2D eigenvalue weighted by Crippen LogP contribution is -2.04. The van der Waals surface area contributed by atoms with Crippen LogP contribution in [0.5, 0.6) is 0 Å². The lowest BCUT2D eigenvalue weighted by Gasteiger charge is -2.16. The van der Waals surface area contributed by atoms with Crippen molar-refractivity contribution < 1.29 is 0 Å². The molecule has 0 radical (unpaired) electrons. The predicted molar refractivity (Wildman–Crippen MR) is 218 cm³/mol. The van der Waals surface area contributed by atoms with Crippen molar-refractivity contribution in [3.63, 3.8) is 0 Å². The van der Waals surface area contributed by atoms with Gasteiger partial charge in [0.2, 0.25) is 0 Å². The molecule has 54 heavy (non-hydrogen) atoms. The fourth-order valence-corrected chi connectivity index (χ4v) is 8.43. The third-order valence-corrected chi connectivity index (χ3v) is 11.1. The molecule has 250 valence electrons. The second-order valence-electron chi connectivity index (χ2n) is 13.1. The lowest BCUT2D eigenvalue weighted by atomic mass is 9.99. The summed E-state index contributed by atoms with van der Waals surface area (Å²) in [6, 6.07) is 57.6. The number of thiophene rings is 1. The van der Waals surface area contributed by atoms with E-state index < -0.39 is 0 Å². The van der Waals surface area contributed by atoms with E-state index in [4.69, 9.17) is 15.0 Å². The van der Waals surface area contributed by atoms with Crippen LogP contribution in [0, 0.1) is 22.7 Å². The van der Waals surface area contributed by atoms with Crippen LogP contribution in [-0.2, 0) is 0 Å². The maximum absolute atomic E-state index is 9.99. The Kier molecular flexibility index (Phi) is 7.33. The highest BCUT2D eigenvalue weighted by molar-refractivity contribution is 7.25. The largest absolute Gasteiger partial charge is 0.308 e. The van der Waals surface area contributed by atoms with Gasteiger partial charge in [0, 0.05) is 47.6 Å². The number of fused-ring (bicyclic) bond motifs is 6. The van der Waals surface area contributed by atoms with Crippen LogP contribution in [0.15, 0.2) is 158 Å². The van der Waals surface area contributed by atoms with E-state index in [9.17, 15) is 10.5 Å². The highest BCUT2D eigenvalue weighted by Crippen LogP contribution is 2.41. The molecule has 6 nitrogen and oxygen atoms in total. The van der Waals surface area contributed by atoms with Crippen molar-refractivity contribution in [1.29, 1.82) is 10.5 Å². The van der Waals surface area contributed by atoms with Crippen molar-refractivity contribution in [1.82, 2.24) is 19.5 Å². The van der Waals surface area contributed by atoms with Crippen LogP contribution in [0.2, 0.25) is 0 Å². The Labute approximate surface area is 314 Å². The molecule has 0 amide bonds. The van der Waals surface area contributed by atoms with Crippen molar-refractivity contribution in [2.75, 3.05) is 0 Å². The molecular weight excluding hydrogens is 681 g/mol. The number of nitrogens with zero attached hydrogens (tertiary/aromatic N) is 6. The van der Waals surface area contributed by atoms with Gasteiger partial charge in [0.25, 0.3) is 0 Å². The first kappa shape index (κ1) is 31.3. The van der Waals surface area contributed by atoms with Gasteiger partial charge in [-0.05, 0) is 65.7 Å². The van der Waals surface area contributed by atoms with Crippen LogP contribution in [-0.4, -0.2) is 19.5 Å². The monoisotopic (exact) mass is 706 g/mol. The SMILES string of the molecule is N#Cc1ccc2c3ccc(C#N)cc3n(-c3ccc(-c4ccc5sc6ccccc6c5c4)cc3-c3nc(-c4ccccc4)nc(-c4ccccc4)n3)c2c1. The minimum absolute atomic E-state index is 0.504. The first-order valence-electron chi connectivity index (χ1n) is 17.5. The Bertz CT molecular complexity index is 3060. The molecule has 0 saturated heterocycles. The summed E-state index contributed by atoms with van der Waals surface area (Å²) in [7, 11) is 0. The summed E-state index contributed by atoms with van der Waals surface area (Å²) in [6.45, 7) is 0. The minimum atomic E-state index is 0.504. The number of aromatic nitrogens is 4. The molecule has 0 unspecified atom stereocenters. The zero-order chi connectivity index (χ0) is 36.2. The molecule has 0 saturated carbocycles. The molecule has 0 aliphatic heterocycles. The van der Waals surface area contributed by atoms with Crippen molar-refractivity contribution in [3.05, 3.63) is 169 Å². The Hall–Kier alpha value is -7.45. The highest BCUT2D eigenvalue weighted by atomic mass is 32.1. The van der Waals surface area contributed by atoms with E-state index in [0.717, 1.165) is 55.3 Å². The maximum atomic E-state index is 9.99. The molecule has 0 aliphatic rings.